The third kappa shape index (κ3) is 16.7. The van der Waals surface area contributed by atoms with Gasteiger partial charge in [0.2, 0.25) is 16.9 Å². The minimum atomic E-state index is -5.26. The molecule has 0 radical (unpaired) electrons. The molecule has 0 aliphatic heterocycles. The highest BCUT2D eigenvalue weighted by molar-refractivity contribution is 9.14. The summed E-state index contributed by atoms with van der Waals surface area (Å²) in [5.41, 5.74) is -3.37. The first-order valence-electron chi connectivity index (χ1n) is 22.3. The van der Waals surface area contributed by atoms with Crippen LogP contribution in [-0.2, 0) is 38.6 Å². The number of esters is 1. The number of H-pyrrole nitrogens is 1. The fourth-order valence-corrected chi connectivity index (χ4v) is 8.71. The third-order valence-corrected chi connectivity index (χ3v) is 14.3. The Bertz CT molecular complexity index is 3490. The normalized spacial score (nSPS) is 12.5. The summed E-state index contributed by atoms with van der Waals surface area (Å²) in [5, 5.41) is 43.1. The molecule has 1 aliphatic rings. The highest BCUT2D eigenvalue weighted by atomic mass is 79.9. The first kappa shape index (κ1) is 63.0. The minimum Gasteiger partial charge on any atom is -0.481 e. The van der Waals surface area contributed by atoms with E-state index in [1.54, 1.807) is 42.5 Å². The molecule has 26 heteroatoms. The lowest BCUT2D eigenvalue weighted by atomic mass is 9.79. The molecule has 3 aromatic heterocycles. The fourth-order valence-electron chi connectivity index (χ4n) is 7.39. The van der Waals surface area contributed by atoms with E-state index in [1.165, 1.54) is 12.5 Å². The van der Waals surface area contributed by atoms with Gasteiger partial charge in [-0.2, -0.15) is 26.3 Å². The second kappa shape index (κ2) is 26.7. The molecular formula is C52H42Br3F6NO16. The van der Waals surface area contributed by atoms with Crippen LogP contribution in [0.15, 0.2) is 123 Å². The van der Waals surface area contributed by atoms with Gasteiger partial charge in [-0.1, -0.05) is 66.4 Å². The van der Waals surface area contributed by atoms with Crippen LogP contribution in [0.3, 0.4) is 0 Å². The smallest absolute Gasteiger partial charge is 0.417 e. The Kier molecular flexibility index (Phi) is 21.5. The van der Waals surface area contributed by atoms with Crippen LogP contribution in [0.25, 0.3) is 21.9 Å². The van der Waals surface area contributed by atoms with Crippen LogP contribution in [0.5, 0.6) is 5.75 Å². The molecule has 0 atom stereocenters. The van der Waals surface area contributed by atoms with Crippen LogP contribution >= 0.6 is 47.8 Å². The maximum absolute atomic E-state index is 12.9. The first-order valence-corrected chi connectivity index (χ1v) is 24.7. The molecule has 3 heterocycles. The summed E-state index contributed by atoms with van der Waals surface area (Å²) in [5.74, 6) is -5.98. The number of carbonyl (C=O) groups excluding carboxylic acids is 1. The summed E-state index contributed by atoms with van der Waals surface area (Å²) < 4.78 is 92.8. The number of carboxylic acid groups (broad SMARTS) is 5. The predicted molar refractivity (Wildman–Crippen MR) is 277 cm³/mol. The molecule has 0 unspecified atom stereocenters. The summed E-state index contributed by atoms with van der Waals surface area (Å²) in [6.45, 7) is 5.20. The Morgan fingerprint density at radius 3 is 1.76 bits per heavy atom. The van der Waals surface area contributed by atoms with Gasteiger partial charge in [-0.3, -0.25) is 24.0 Å². The lowest BCUT2D eigenvalue weighted by Gasteiger charge is -2.24. The number of aryl methyl sites for hydroxylation is 3. The van der Waals surface area contributed by atoms with E-state index in [0.29, 0.717) is 49.0 Å². The predicted octanol–water partition coefficient (Wildman–Crippen LogP) is 12.8. The average molecular weight is 1290 g/mol. The van der Waals surface area contributed by atoms with E-state index in [0.717, 1.165) is 48.4 Å². The van der Waals surface area contributed by atoms with E-state index in [4.69, 9.17) is 34.0 Å². The fraction of sp³-hybridized carbons (Fsp3) is 0.231. The van der Waals surface area contributed by atoms with Crippen LogP contribution in [0.1, 0.15) is 104 Å². The van der Waals surface area contributed by atoms with E-state index in [9.17, 15) is 69.8 Å². The molecule has 6 N–H and O–H groups in total. The summed E-state index contributed by atoms with van der Waals surface area (Å²) in [4.78, 5) is 89.5. The quantitative estimate of drug-likeness (QED) is 0.0445. The molecular weight excluding hydrogens is 1250 g/mol. The first-order chi connectivity index (χ1) is 36.3. The zero-order valence-corrected chi connectivity index (χ0v) is 45.3. The number of hydrogen-bond acceptors (Lipinski definition) is 11. The number of hydrogen-bond donors (Lipinski definition) is 6. The second-order valence-corrected chi connectivity index (χ2v) is 19.1. The van der Waals surface area contributed by atoms with E-state index in [-0.39, 0.29) is 35.4 Å². The summed E-state index contributed by atoms with van der Waals surface area (Å²) in [7, 11) is 0. The molecule has 78 heavy (non-hydrogen) atoms. The molecule has 7 aromatic rings. The van der Waals surface area contributed by atoms with Crippen LogP contribution in [0, 0.1) is 13.8 Å². The number of ether oxygens (including phenoxy) is 1. The molecule has 8 rings (SSSR count). The van der Waals surface area contributed by atoms with Gasteiger partial charge in [0.15, 0.2) is 10.1 Å². The van der Waals surface area contributed by atoms with Crippen molar-refractivity contribution >= 4 is 105 Å². The lowest BCUT2D eigenvalue weighted by Crippen LogP contribution is -2.32. The largest absolute Gasteiger partial charge is 0.481 e. The zero-order valence-electron chi connectivity index (χ0n) is 40.5. The molecule has 4 aromatic carbocycles. The molecule has 0 amide bonds. The zero-order chi connectivity index (χ0) is 58.6. The van der Waals surface area contributed by atoms with Crippen molar-refractivity contribution in [2.24, 2.45) is 0 Å². The number of aliphatic carboxylic acids is 2. The van der Waals surface area contributed by atoms with E-state index >= 15 is 0 Å². The van der Waals surface area contributed by atoms with Gasteiger partial charge in [0, 0.05) is 25.6 Å². The molecule has 0 saturated heterocycles. The van der Waals surface area contributed by atoms with Crippen molar-refractivity contribution < 1.29 is 94.2 Å². The van der Waals surface area contributed by atoms with Crippen molar-refractivity contribution in [3.63, 3.8) is 0 Å². The Balaban J connectivity index is 0.000000214. The number of carboxylic acids is 5. The molecule has 1 saturated carbocycles. The van der Waals surface area contributed by atoms with Gasteiger partial charge in [-0.05, 0) is 128 Å². The highest BCUT2D eigenvalue weighted by Gasteiger charge is 2.43. The van der Waals surface area contributed by atoms with E-state index in [1.807, 2.05) is 43.1 Å². The molecule has 0 spiro atoms. The number of alkyl halides is 6. The Hall–Kier alpha value is -7.58. The Morgan fingerprint density at radius 1 is 0.705 bits per heavy atom. The SMILES string of the molecule is CC(=O)Oc1ccc(CCC(=O)O)cc1.Cc1ccc(C2(C(=O)O)CCCC2)cc1.Cc1ccc2oc(C(=O)O)cc(=O)c2c1.O=C(O)c1c[nH]c2cc(C(F)(F)F)cc(C(F)(F)F)c2c1=O.O=C(O)c1oc(Br)c(Br)c1Br. The number of halogens is 9. The topological polar surface area (TPSA) is 289 Å². The number of aromatic amines is 1. The summed E-state index contributed by atoms with van der Waals surface area (Å²) in [6, 6.07) is 20.9. The van der Waals surface area contributed by atoms with Gasteiger partial charge < -0.3 is 44.1 Å². The standard InChI is InChI=1S/C13H16O2.C12H5F6NO3.C11H8O4.C11H12O4.C5HBr3O3/c1-10-4-6-11(7-5-10)13(12(14)15)8-2-3-9-13;13-11(14,15)4-1-6(12(16,17)18)8-7(2-4)19-3-5(9(8)20)10(21)22;1-6-2-3-9-7(4-6)8(12)5-10(15-9)11(13)14;1-8(12)15-10-5-2-9(3-6-10)4-7-11(13)14;6-1-2(7)4(8)11-3(1)5(9)10/h4-7H,2-3,8-9H2,1H3,(H,14,15);1-3H,(H,19,20)(H,21,22);2-5H,1H3,(H,13,14);2-3,5-6H,4,7H2,1H3,(H,13,14);(H,9,10). The third-order valence-electron chi connectivity index (χ3n) is 11.2. The molecule has 17 nitrogen and oxygen atoms in total. The van der Waals surface area contributed by atoms with Crippen LogP contribution in [0.2, 0.25) is 0 Å². The lowest BCUT2D eigenvalue weighted by molar-refractivity contribution is -0.144. The number of rotatable bonds is 9. The van der Waals surface area contributed by atoms with Crippen molar-refractivity contribution in [1.82, 2.24) is 4.98 Å². The van der Waals surface area contributed by atoms with E-state index in [2.05, 4.69) is 47.8 Å². The highest BCUT2D eigenvalue weighted by Crippen LogP contribution is 2.42. The minimum absolute atomic E-state index is 0.104. The maximum atomic E-state index is 12.9. The number of aromatic nitrogens is 1. The number of aromatic carboxylic acids is 3. The summed E-state index contributed by atoms with van der Waals surface area (Å²) >= 11 is 9.20. The van der Waals surface area contributed by atoms with Gasteiger partial charge in [0.25, 0.3) is 0 Å². The molecule has 1 fully saturated rings. The maximum Gasteiger partial charge on any atom is 0.417 e. The van der Waals surface area contributed by atoms with Crippen molar-refractivity contribution in [2.75, 3.05) is 0 Å². The van der Waals surface area contributed by atoms with Gasteiger partial charge >= 0.3 is 48.2 Å². The van der Waals surface area contributed by atoms with Crippen LogP contribution in [-0.4, -0.2) is 66.3 Å². The number of benzene rings is 4. The molecule has 414 valence electrons. The number of carbonyl (C=O) groups is 6. The number of nitrogens with one attached hydrogen (secondary N) is 1. The molecule has 1 aliphatic carbocycles. The van der Waals surface area contributed by atoms with Crippen LogP contribution in [0.4, 0.5) is 26.3 Å². The summed E-state index contributed by atoms with van der Waals surface area (Å²) in [6.07, 6.45) is -5.56. The van der Waals surface area contributed by atoms with Crippen LogP contribution < -0.4 is 15.6 Å². The van der Waals surface area contributed by atoms with Gasteiger partial charge in [0.05, 0.1) is 41.8 Å². The second-order valence-electron chi connectivity index (χ2n) is 16.8. The Labute approximate surface area is 460 Å². The molecule has 0 bridgehead atoms. The number of furan rings is 1. The van der Waals surface area contributed by atoms with Gasteiger partial charge in [-0.25, -0.2) is 14.4 Å². The van der Waals surface area contributed by atoms with Crippen molar-refractivity contribution in [3.8, 4) is 5.75 Å². The van der Waals surface area contributed by atoms with Gasteiger partial charge in [-0.15, -0.1) is 0 Å². The van der Waals surface area contributed by atoms with Gasteiger partial charge in [0.1, 0.15) is 16.9 Å². The van der Waals surface area contributed by atoms with Crippen molar-refractivity contribution in [3.05, 3.63) is 176 Å². The number of fused-ring (bicyclic) bond motifs is 2. The average Bonchev–Trinajstić information content (AvgIpc) is 3.98. The number of pyridine rings is 1. The van der Waals surface area contributed by atoms with E-state index < -0.39 is 80.6 Å². The van der Waals surface area contributed by atoms with Crippen molar-refractivity contribution in [2.45, 2.75) is 77.1 Å². The van der Waals surface area contributed by atoms with Crippen molar-refractivity contribution in [1.29, 1.82) is 0 Å². The Morgan fingerprint density at radius 2 is 1.29 bits per heavy atom. The monoisotopic (exact) mass is 1290 g/mol.